The zero-order valence-corrected chi connectivity index (χ0v) is 3.92. The summed E-state index contributed by atoms with van der Waals surface area (Å²) < 4.78 is 0. The highest BCUT2D eigenvalue weighted by atomic mass is 16.1. The highest BCUT2D eigenvalue weighted by Gasteiger charge is 2.09. The van der Waals surface area contributed by atoms with Gasteiger partial charge in [-0.1, -0.05) is 6.08 Å². The molecule has 0 saturated carbocycles. The summed E-state index contributed by atoms with van der Waals surface area (Å²) in [5.41, 5.74) is 5.32. The van der Waals surface area contributed by atoms with Crippen molar-refractivity contribution >= 4 is 5.78 Å². The molecule has 0 aromatic carbocycles. The average molecular weight is 97.1 g/mol. The van der Waals surface area contributed by atoms with Crippen molar-refractivity contribution in [2.75, 3.05) is 0 Å². The van der Waals surface area contributed by atoms with Crippen molar-refractivity contribution in [1.82, 2.24) is 0 Å². The molecule has 2 nitrogen and oxygen atoms in total. The van der Waals surface area contributed by atoms with Gasteiger partial charge in [0.1, 0.15) is 0 Å². The number of hydrogen-bond acceptors (Lipinski definition) is 2. The SMILES string of the molecule is N[C@H]1C=CC(=O)C1. The molecule has 2 heteroatoms. The normalized spacial score (nSPS) is 29.3. The zero-order chi connectivity index (χ0) is 5.28. The second-order valence-corrected chi connectivity index (χ2v) is 1.69. The fourth-order valence-corrected chi connectivity index (χ4v) is 0.599. The van der Waals surface area contributed by atoms with Crippen LogP contribution in [0.2, 0.25) is 0 Å². The molecular formula is C5H7NO. The van der Waals surface area contributed by atoms with Gasteiger partial charge >= 0.3 is 0 Å². The van der Waals surface area contributed by atoms with Gasteiger partial charge in [-0.2, -0.15) is 0 Å². The first-order chi connectivity index (χ1) is 3.29. The zero-order valence-electron chi connectivity index (χ0n) is 3.92. The van der Waals surface area contributed by atoms with Crippen LogP contribution >= 0.6 is 0 Å². The van der Waals surface area contributed by atoms with Gasteiger partial charge in [0, 0.05) is 12.5 Å². The Morgan fingerprint density at radius 3 is 2.71 bits per heavy atom. The van der Waals surface area contributed by atoms with Crippen LogP contribution in [0.4, 0.5) is 0 Å². The molecule has 0 bridgehead atoms. The van der Waals surface area contributed by atoms with Crippen LogP contribution in [0, 0.1) is 0 Å². The highest BCUT2D eigenvalue weighted by molar-refractivity contribution is 5.92. The molecule has 38 valence electrons. The Morgan fingerprint density at radius 1 is 1.86 bits per heavy atom. The lowest BCUT2D eigenvalue weighted by molar-refractivity contribution is -0.114. The Labute approximate surface area is 42.0 Å². The standard InChI is InChI=1S/C5H7NO/c6-4-1-2-5(7)3-4/h1-2,4H,3,6H2/t4-/m0/s1. The molecule has 0 unspecified atom stereocenters. The summed E-state index contributed by atoms with van der Waals surface area (Å²) in [6.45, 7) is 0. The van der Waals surface area contributed by atoms with Crippen LogP contribution in [0.3, 0.4) is 0 Å². The van der Waals surface area contributed by atoms with Gasteiger partial charge < -0.3 is 5.73 Å². The maximum Gasteiger partial charge on any atom is 0.157 e. The smallest absolute Gasteiger partial charge is 0.157 e. The first-order valence-corrected chi connectivity index (χ1v) is 2.25. The van der Waals surface area contributed by atoms with Crippen LogP contribution in [0.1, 0.15) is 6.42 Å². The van der Waals surface area contributed by atoms with E-state index in [4.69, 9.17) is 5.73 Å². The topological polar surface area (TPSA) is 43.1 Å². The molecule has 1 aliphatic rings. The summed E-state index contributed by atoms with van der Waals surface area (Å²) in [6.07, 6.45) is 3.76. The summed E-state index contributed by atoms with van der Waals surface area (Å²) in [7, 11) is 0. The Morgan fingerprint density at radius 2 is 2.57 bits per heavy atom. The Hall–Kier alpha value is -0.630. The van der Waals surface area contributed by atoms with Crippen LogP contribution in [0.5, 0.6) is 0 Å². The van der Waals surface area contributed by atoms with E-state index < -0.39 is 0 Å². The van der Waals surface area contributed by atoms with Crippen molar-refractivity contribution in [3.63, 3.8) is 0 Å². The molecule has 0 spiro atoms. The lowest BCUT2D eigenvalue weighted by Crippen LogP contribution is -2.14. The van der Waals surface area contributed by atoms with Gasteiger partial charge in [0.25, 0.3) is 0 Å². The average Bonchev–Trinajstić information content (AvgIpc) is 1.87. The number of nitrogens with two attached hydrogens (primary N) is 1. The molecule has 1 rings (SSSR count). The third kappa shape index (κ3) is 0.871. The van der Waals surface area contributed by atoms with E-state index in [0.717, 1.165) is 0 Å². The van der Waals surface area contributed by atoms with E-state index in [1.807, 2.05) is 0 Å². The number of allylic oxidation sites excluding steroid dienone is 1. The predicted molar refractivity (Wildman–Crippen MR) is 26.7 cm³/mol. The van der Waals surface area contributed by atoms with E-state index in [1.54, 1.807) is 6.08 Å². The van der Waals surface area contributed by atoms with Gasteiger partial charge in [0.15, 0.2) is 5.78 Å². The molecule has 2 N–H and O–H groups in total. The van der Waals surface area contributed by atoms with Gasteiger partial charge in [-0.15, -0.1) is 0 Å². The lowest BCUT2D eigenvalue weighted by atomic mass is 10.3. The second kappa shape index (κ2) is 1.46. The molecule has 0 aromatic heterocycles. The number of rotatable bonds is 0. The Bertz CT molecular complexity index is 117. The van der Waals surface area contributed by atoms with E-state index in [-0.39, 0.29) is 11.8 Å². The van der Waals surface area contributed by atoms with Gasteiger partial charge in [0.2, 0.25) is 0 Å². The van der Waals surface area contributed by atoms with Gasteiger partial charge in [-0.25, -0.2) is 0 Å². The maximum atomic E-state index is 10.3. The van der Waals surface area contributed by atoms with Gasteiger partial charge in [-0.05, 0) is 6.08 Å². The second-order valence-electron chi connectivity index (χ2n) is 1.69. The number of carbonyl (C=O) groups is 1. The Kier molecular flexibility index (Phi) is 0.947. The summed E-state index contributed by atoms with van der Waals surface area (Å²) in [4.78, 5) is 10.3. The molecule has 0 amide bonds. The minimum Gasteiger partial charge on any atom is -0.324 e. The van der Waals surface area contributed by atoms with Crippen LogP contribution in [0.15, 0.2) is 12.2 Å². The first-order valence-electron chi connectivity index (χ1n) is 2.25. The molecule has 1 atom stereocenters. The van der Waals surface area contributed by atoms with E-state index in [9.17, 15) is 4.79 Å². The monoisotopic (exact) mass is 97.1 g/mol. The number of hydrogen-bond donors (Lipinski definition) is 1. The lowest BCUT2D eigenvalue weighted by Gasteiger charge is -1.89. The van der Waals surface area contributed by atoms with Crippen molar-refractivity contribution in [2.45, 2.75) is 12.5 Å². The fraction of sp³-hybridized carbons (Fsp3) is 0.400. The quantitative estimate of drug-likeness (QED) is 0.456. The minimum atomic E-state index is -0.00694. The third-order valence-corrected chi connectivity index (χ3v) is 0.966. The van der Waals surface area contributed by atoms with Gasteiger partial charge in [0.05, 0.1) is 0 Å². The van der Waals surface area contributed by atoms with Crippen molar-refractivity contribution in [2.24, 2.45) is 5.73 Å². The minimum absolute atomic E-state index is 0.00694. The largest absolute Gasteiger partial charge is 0.324 e. The number of carbonyl (C=O) groups excluding carboxylic acids is 1. The van der Waals surface area contributed by atoms with E-state index >= 15 is 0 Å². The van der Waals surface area contributed by atoms with Crippen molar-refractivity contribution in [3.05, 3.63) is 12.2 Å². The van der Waals surface area contributed by atoms with Crippen LogP contribution < -0.4 is 5.73 Å². The summed E-state index contributed by atoms with van der Waals surface area (Å²) in [5, 5.41) is 0. The van der Waals surface area contributed by atoms with Crippen molar-refractivity contribution in [3.8, 4) is 0 Å². The summed E-state index contributed by atoms with van der Waals surface area (Å²) in [5.74, 6) is 0.146. The van der Waals surface area contributed by atoms with Gasteiger partial charge in [-0.3, -0.25) is 4.79 Å². The van der Waals surface area contributed by atoms with E-state index in [0.29, 0.717) is 6.42 Å². The predicted octanol–water partition coefficient (Wildman–Crippen LogP) is -0.157. The summed E-state index contributed by atoms with van der Waals surface area (Å²) >= 11 is 0. The Balaban J connectivity index is 2.58. The first kappa shape index (κ1) is 4.53. The third-order valence-electron chi connectivity index (χ3n) is 0.966. The molecule has 0 aliphatic heterocycles. The molecule has 7 heavy (non-hydrogen) atoms. The molecule has 1 aliphatic carbocycles. The van der Waals surface area contributed by atoms with Crippen LogP contribution in [0.25, 0.3) is 0 Å². The van der Waals surface area contributed by atoms with Crippen molar-refractivity contribution in [1.29, 1.82) is 0 Å². The molecule has 0 aromatic rings. The van der Waals surface area contributed by atoms with E-state index in [2.05, 4.69) is 0 Å². The van der Waals surface area contributed by atoms with Crippen LogP contribution in [-0.2, 0) is 4.79 Å². The number of ketones is 1. The maximum absolute atomic E-state index is 10.3. The molecule has 0 saturated heterocycles. The van der Waals surface area contributed by atoms with E-state index in [1.165, 1.54) is 6.08 Å². The fourth-order valence-electron chi connectivity index (χ4n) is 0.599. The van der Waals surface area contributed by atoms with Crippen molar-refractivity contribution < 1.29 is 4.79 Å². The molecule has 0 heterocycles. The van der Waals surface area contributed by atoms with Crippen LogP contribution in [-0.4, -0.2) is 11.8 Å². The summed E-state index contributed by atoms with van der Waals surface area (Å²) in [6, 6.07) is -0.00694. The highest BCUT2D eigenvalue weighted by Crippen LogP contribution is 2.00. The molecule has 0 fully saturated rings. The molecular weight excluding hydrogens is 90.1 g/mol. The molecule has 0 radical (unpaired) electrons.